The van der Waals surface area contributed by atoms with Gasteiger partial charge in [-0.25, -0.2) is 4.98 Å². The first kappa shape index (κ1) is 20.5. The number of fused-ring (bicyclic) bond motifs is 1. The minimum atomic E-state index is -0.450. The fourth-order valence-electron chi connectivity index (χ4n) is 1.67. The molecule has 7 nitrogen and oxygen atoms in total. The average molecular weight is 320 g/mol. The zero-order chi connectivity index (χ0) is 18.0. The molecular weight excluding hydrogens is 292 g/mol. The largest absolute Gasteiger partial charge is 0.393 e. The highest BCUT2D eigenvalue weighted by molar-refractivity contribution is 6.03. The number of hydrogen-bond donors (Lipinski definition) is 4. The predicted octanol–water partition coefficient (Wildman–Crippen LogP) is 2.22. The summed E-state index contributed by atoms with van der Waals surface area (Å²) < 4.78 is 1.78. The number of amides is 1. The fourth-order valence-corrected chi connectivity index (χ4v) is 1.67. The molecule has 1 aromatic carbocycles. The van der Waals surface area contributed by atoms with E-state index in [1.165, 1.54) is 0 Å². The van der Waals surface area contributed by atoms with E-state index < -0.39 is 5.91 Å². The van der Waals surface area contributed by atoms with Gasteiger partial charge in [-0.05, 0) is 19.1 Å². The van der Waals surface area contributed by atoms with E-state index in [2.05, 4.69) is 15.7 Å². The topological polar surface area (TPSA) is 111 Å². The molecule has 7 heteroatoms. The molecule has 0 bridgehead atoms. The van der Waals surface area contributed by atoms with Crippen LogP contribution < -0.4 is 22.3 Å². The van der Waals surface area contributed by atoms with Crippen LogP contribution in [0, 0.1) is 0 Å². The van der Waals surface area contributed by atoms with Gasteiger partial charge < -0.3 is 15.7 Å². The molecular formula is C16H28N6O. The van der Waals surface area contributed by atoms with E-state index >= 15 is 0 Å². The number of aromatic nitrogens is 2. The van der Waals surface area contributed by atoms with Crippen molar-refractivity contribution in [3.05, 3.63) is 35.7 Å². The second-order valence-corrected chi connectivity index (χ2v) is 4.12. The molecule has 0 unspecified atom stereocenters. The number of allylic oxidation sites excluding steroid dienone is 1. The lowest BCUT2D eigenvalue weighted by Gasteiger charge is -2.08. The SMILES string of the molecule is C/C(NN)=C(/N)C(=O)Nc1nc2ccccc2n1C.CC.CC. The van der Waals surface area contributed by atoms with Gasteiger partial charge in [-0.3, -0.25) is 16.0 Å². The standard InChI is InChI=1S/C12H16N6O.2C2H6/c1-7(17-14)10(13)11(19)16-12-15-8-5-3-4-6-9(8)18(12)2;2*1-2/h3-6,17H,13-14H2,1-2H3,(H,15,16,19);2*1-2H3/b10-7-;;. The van der Waals surface area contributed by atoms with Crippen LogP contribution in [0.25, 0.3) is 11.0 Å². The number of imidazole rings is 1. The number of hydrogen-bond acceptors (Lipinski definition) is 5. The summed E-state index contributed by atoms with van der Waals surface area (Å²) in [6.45, 7) is 9.61. The third-order valence-corrected chi connectivity index (χ3v) is 2.88. The van der Waals surface area contributed by atoms with Gasteiger partial charge in [-0.15, -0.1) is 0 Å². The first-order valence-electron chi connectivity index (χ1n) is 7.70. The highest BCUT2D eigenvalue weighted by Crippen LogP contribution is 2.17. The molecule has 0 fully saturated rings. The lowest BCUT2D eigenvalue weighted by molar-refractivity contribution is -0.113. The maximum atomic E-state index is 11.9. The van der Waals surface area contributed by atoms with Crippen molar-refractivity contribution in [2.24, 2.45) is 18.6 Å². The van der Waals surface area contributed by atoms with Crippen LogP contribution in [-0.4, -0.2) is 15.5 Å². The van der Waals surface area contributed by atoms with Gasteiger partial charge in [0, 0.05) is 7.05 Å². The van der Waals surface area contributed by atoms with Crippen LogP contribution >= 0.6 is 0 Å². The molecule has 0 aliphatic carbocycles. The molecule has 128 valence electrons. The Kier molecular flexibility index (Phi) is 9.10. The Labute approximate surface area is 137 Å². The summed E-state index contributed by atoms with van der Waals surface area (Å²) in [6, 6.07) is 7.59. The van der Waals surface area contributed by atoms with E-state index in [0.29, 0.717) is 11.6 Å². The summed E-state index contributed by atoms with van der Waals surface area (Å²) in [4.78, 5) is 16.2. The van der Waals surface area contributed by atoms with E-state index in [9.17, 15) is 4.79 Å². The lowest BCUT2D eigenvalue weighted by atomic mass is 10.3. The average Bonchev–Trinajstić information content (AvgIpc) is 2.93. The maximum Gasteiger partial charge on any atom is 0.275 e. The highest BCUT2D eigenvalue weighted by Gasteiger charge is 2.13. The van der Waals surface area contributed by atoms with Crippen LogP contribution in [0.4, 0.5) is 5.95 Å². The minimum absolute atomic E-state index is 0.0227. The molecule has 1 aromatic heterocycles. The monoisotopic (exact) mass is 320 g/mol. The zero-order valence-electron chi connectivity index (χ0n) is 14.8. The molecule has 2 rings (SSSR count). The summed E-state index contributed by atoms with van der Waals surface area (Å²) in [5.74, 6) is 5.19. The summed E-state index contributed by atoms with van der Waals surface area (Å²) in [6.07, 6.45) is 0. The van der Waals surface area contributed by atoms with Gasteiger partial charge in [-0.2, -0.15) is 0 Å². The molecule has 0 aliphatic heterocycles. The smallest absolute Gasteiger partial charge is 0.275 e. The quantitative estimate of drug-likeness (QED) is 0.394. The van der Waals surface area contributed by atoms with Crippen molar-refractivity contribution in [3.8, 4) is 0 Å². The van der Waals surface area contributed by atoms with Gasteiger partial charge in [0.1, 0.15) is 5.70 Å². The Morgan fingerprint density at radius 2 is 1.74 bits per heavy atom. The molecule has 0 saturated carbocycles. The number of anilines is 1. The molecule has 0 spiro atoms. The minimum Gasteiger partial charge on any atom is -0.393 e. The van der Waals surface area contributed by atoms with E-state index in [1.54, 1.807) is 11.5 Å². The molecule has 0 saturated heterocycles. The molecule has 1 heterocycles. The van der Waals surface area contributed by atoms with E-state index in [1.807, 2.05) is 59.0 Å². The Morgan fingerprint density at radius 3 is 2.26 bits per heavy atom. The number of para-hydroxylation sites is 2. The van der Waals surface area contributed by atoms with E-state index in [0.717, 1.165) is 11.0 Å². The first-order chi connectivity index (χ1) is 11.0. The fraction of sp³-hybridized carbons (Fsp3) is 0.375. The van der Waals surface area contributed by atoms with Crippen molar-refractivity contribution in [1.29, 1.82) is 0 Å². The number of benzene rings is 1. The first-order valence-corrected chi connectivity index (χ1v) is 7.70. The van der Waals surface area contributed by atoms with Gasteiger partial charge in [0.2, 0.25) is 5.95 Å². The van der Waals surface area contributed by atoms with Crippen LogP contribution in [0.1, 0.15) is 34.6 Å². The summed E-state index contributed by atoms with van der Waals surface area (Å²) in [7, 11) is 1.82. The highest BCUT2D eigenvalue weighted by atomic mass is 16.2. The molecule has 1 amide bonds. The molecule has 6 N–H and O–H groups in total. The number of rotatable bonds is 3. The number of hydrazine groups is 1. The van der Waals surface area contributed by atoms with Crippen LogP contribution in [-0.2, 0) is 11.8 Å². The molecule has 0 aliphatic rings. The Bertz CT molecular complexity index is 660. The van der Waals surface area contributed by atoms with Crippen molar-refractivity contribution in [2.45, 2.75) is 34.6 Å². The Morgan fingerprint density at radius 1 is 1.17 bits per heavy atom. The van der Waals surface area contributed by atoms with E-state index in [-0.39, 0.29) is 5.70 Å². The number of nitrogens with zero attached hydrogens (tertiary/aromatic N) is 2. The summed E-state index contributed by atoms with van der Waals surface area (Å²) >= 11 is 0. The molecule has 2 aromatic rings. The number of carbonyl (C=O) groups excluding carboxylic acids is 1. The second kappa shape index (κ2) is 10.2. The van der Waals surface area contributed by atoms with Gasteiger partial charge in [-0.1, -0.05) is 39.8 Å². The van der Waals surface area contributed by atoms with Crippen molar-refractivity contribution in [3.63, 3.8) is 0 Å². The van der Waals surface area contributed by atoms with Crippen LogP contribution in [0.15, 0.2) is 35.7 Å². The van der Waals surface area contributed by atoms with Crippen LogP contribution in [0.5, 0.6) is 0 Å². The maximum absolute atomic E-state index is 11.9. The van der Waals surface area contributed by atoms with Crippen LogP contribution in [0.3, 0.4) is 0 Å². The van der Waals surface area contributed by atoms with Gasteiger partial charge in [0.25, 0.3) is 5.91 Å². The molecule has 23 heavy (non-hydrogen) atoms. The zero-order valence-corrected chi connectivity index (χ0v) is 14.8. The molecule has 0 radical (unpaired) electrons. The lowest BCUT2D eigenvalue weighted by Crippen LogP contribution is -2.29. The third kappa shape index (κ3) is 5.00. The third-order valence-electron chi connectivity index (χ3n) is 2.88. The number of carbonyl (C=O) groups is 1. The van der Waals surface area contributed by atoms with Crippen molar-refractivity contribution >= 4 is 22.9 Å². The van der Waals surface area contributed by atoms with Gasteiger partial charge in [0.15, 0.2) is 0 Å². The van der Waals surface area contributed by atoms with E-state index in [4.69, 9.17) is 11.6 Å². The van der Waals surface area contributed by atoms with Crippen LogP contribution in [0.2, 0.25) is 0 Å². The number of aryl methyl sites for hydroxylation is 1. The Balaban J connectivity index is 0.00000112. The number of nitrogens with two attached hydrogens (primary N) is 2. The Hall–Kier alpha value is -2.54. The van der Waals surface area contributed by atoms with Gasteiger partial charge >= 0.3 is 0 Å². The second-order valence-electron chi connectivity index (χ2n) is 4.12. The normalized spacial score (nSPS) is 10.6. The van der Waals surface area contributed by atoms with Crippen molar-refractivity contribution in [2.75, 3.05) is 5.32 Å². The summed E-state index contributed by atoms with van der Waals surface area (Å²) in [5.41, 5.74) is 10.1. The molecule has 0 atom stereocenters. The van der Waals surface area contributed by atoms with Crippen molar-refractivity contribution in [1.82, 2.24) is 15.0 Å². The summed E-state index contributed by atoms with van der Waals surface area (Å²) in [5, 5.41) is 2.65. The predicted molar refractivity (Wildman–Crippen MR) is 96.3 cm³/mol. The van der Waals surface area contributed by atoms with Gasteiger partial charge in [0.05, 0.1) is 16.7 Å². The number of nitrogens with one attached hydrogen (secondary N) is 2. The van der Waals surface area contributed by atoms with Crippen molar-refractivity contribution < 1.29 is 4.79 Å².